The summed E-state index contributed by atoms with van der Waals surface area (Å²) in [7, 11) is 0. The molecule has 21 heavy (non-hydrogen) atoms. The smallest absolute Gasteiger partial charge is 0.0895 e. The molecule has 0 saturated carbocycles. The molecule has 2 fully saturated rings. The molecule has 0 spiro atoms. The first-order chi connectivity index (χ1) is 10.3. The molecule has 4 heteroatoms. The second kappa shape index (κ2) is 6.77. The van der Waals surface area contributed by atoms with Crippen LogP contribution in [0.3, 0.4) is 0 Å². The molecule has 2 saturated heterocycles. The van der Waals surface area contributed by atoms with Crippen LogP contribution < -0.4 is 15.5 Å². The summed E-state index contributed by atoms with van der Waals surface area (Å²) in [6, 6.07) is 11.2. The topological polar surface area (TPSA) is 47.5 Å². The van der Waals surface area contributed by atoms with Gasteiger partial charge in [-0.1, -0.05) is 18.2 Å². The van der Waals surface area contributed by atoms with Crippen molar-refractivity contribution in [3.63, 3.8) is 0 Å². The Balaban J connectivity index is 1.43. The van der Waals surface area contributed by atoms with Crippen LogP contribution in [0.4, 0.5) is 5.69 Å². The van der Waals surface area contributed by atoms with Crippen LogP contribution in [0.1, 0.15) is 25.7 Å². The van der Waals surface area contributed by atoms with Crippen molar-refractivity contribution in [3.8, 4) is 0 Å². The van der Waals surface area contributed by atoms with Gasteiger partial charge in [-0.05, 0) is 44.4 Å². The van der Waals surface area contributed by atoms with Crippen molar-refractivity contribution in [1.82, 2.24) is 10.6 Å². The maximum Gasteiger partial charge on any atom is 0.0895 e. The lowest BCUT2D eigenvalue weighted by Crippen LogP contribution is -2.54. The van der Waals surface area contributed by atoms with E-state index in [4.69, 9.17) is 0 Å². The molecule has 3 rings (SSSR count). The van der Waals surface area contributed by atoms with E-state index in [1.807, 2.05) is 0 Å². The van der Waals surface area contributed by atoms with Crippen LogP contribution in [-0.4, -0.2) is 49.5 Å². The summed E-state index contributed by atoms with van der Waals surface area (Å²) in [5.41, 5.74) is 0.778. The zero-order valence-corrected chi connectivity index (χ0v) is 12.7. The summed E-state index contributed by atoms with van der Waals surface area (Å²) in [5, 5.41) is 17.4. The van der Waals surface area contributed by atoms with Crippen LogP contribution in [-0.2, 0) is 0 Å². The highest BCUT2D eigenvalue weighted by molar-refractivity contribution is 5.46. The van der Waals surface area contributed by atoms with Gasteiger partial charge in [0.2, 0.25) is 0 Å². The highest BCUT2D eigenvalue weighted by atomic mass is 16.3. The normalized spacial score (nSPS) is 27.8. The Kier molecular flexibility index (Phi) is 4.78. The van der Waals surface area contributed by atoms with Gasteiger partial charge in [0, 0.05) is 37.9 Å². The Labute approximate surface area is 127 Å². The fraction of sp³-hybridized carbons (Fsp3) is 0.647. The molecule has 4 nitrogen and oxygen atoms in total. The summed E-state index contributed by atoms with van der Waals surface area (Å²) in [6.45, 7) is 4.67. The fourth-order valence-corrected chi connectivity index (χ4v) is 3.42. The van der Waals surface area contributed by atoms with E-state index >= 15 is 0 Å². The second-order valence-electron chi connectivity index (χ2n) is 6.48. The largest absolute Gasteiger partial charge is 0.387 e. The summed E-state index contributed by atoms with van der Waals surface area (Å²) in [6.07, 6.45) is 4.29. The molecule has 116 valence electrons. The highest BCUT2D eigenvalue weighted by Gasteiger charge is 2.30. The van der Waals surface area contributed by atoms with Gasteiger partial charge in [0.05, 0.1) is 5.60 Å². The zero-order valence-electron chi connectivity index (χ0n) is 12.7. The van der Waals surface area contributed by atoms with E-state index in [-0.39, 0.29) is 0 Å². The van der Waals surface area contributed by atoms with Gasteiger partial charge in [-0.3, -0.25) is 0 Å². The molecule has 1 atom stereocenters. The third-order valence-corrected chi connectivity index (χ3v) is 4.79. The maximum atomic E-state index is 10.5. The van der Waals surface area contributed by atoms with E-state index in [0.29, 0.717) is 6.04 Å². The average molecular weight is 289 g/mol. The third-order valence-electron chi connectivity index (χ3n) is 4.79. The molecule has 0 radical (unpaired) electrons. The van der Waals surface area contributed by atoms with Crippen molar-refractivity contribution in [2.75, 3.05) is 37.6 Å². The van der Waals surface area contributed by atoms with Crippen molar-refractivity contribution < 1.29 is 5.11 Å². The number of aliphatic hydroxyl groups is 1. The summed E-state index contributed by atoms with van der Waals surface area (Å²) in [5.74, 6) is 0. The Morgan fingerprint density at radius 1 is 1.24 bits per heavy atom. The number of hydrogen-bond donors (Lipinski definition) is 3. The minimum absolute atomic E-state index is 0.538. The van der Waals surface area contributed by atoms with E-state index < -0.39 is 5.60 Å². The number of piperidine rings is 2. The minimum Gasteiger partial charge on any atom is -0.387 e. The monoisotopic (exact) mass is 289 g/mol. The lowest BCUT2D eigenvalue weighted by molar-refractivity contribution is 0.0141. The van der Waals surface area contributed by atoms with Crippen molar-refractivity contribution in [1.29, 1.82) is 0 Å². The molecule has 0 amide bonds. The lowest BCUT2D eigenvalue weighted by Gasteiger charge is -2.37. The second-order valence-corrected chi connectivity index (χ2v) is 6.48. The summed E-state index contributed by atoms with van der Waals surface area (Å²) < 4.78 is 0. The molecular weight excluding hydrogens is 262 g/mol. The Bertz CT molecular complexity index is 423. The highest BCUT2D eigenvalue weighted by Crippen LogP contribution is 2.20. The van der Waals surface area contributed by atoms with E-state index in [9.17, 15) is 5.11 Å². The van der Waals surface area contributed by atoms with E-state index in [1.54, 1.807) is 0 Å². The predicted octanol–water partition coefficient (Wildman–Crippen LogP) is 1.36. The van der Waals surface area contributed by atoms with Crippen LogP contribution in [0.5, 0.6) is 0 Å². The van der Waals surface area contributed by atoms with Crippen LogP contribution >= 0.6 is 0 Å². The molecule has 2 aliphatic heterocycles. The molecule has 0 aliphatic carbocycles. The Morgan fingerprint density at radius 3 is 2.67 bits per heavy atom. The SMILES string of the molecule is OC1(CNC2CCN(c3ccccc3)CC2)CCCNC1. The number of hydrogen-bond acceptors (Lipinski definition) is 4. The number of β-amino-alcohol motifs (C(OH)–C–C–N with tert-alkyl or cyclic N) is 1. The molecule has 2 heterocycles. The van der Waals surface area contributed by atoms with Crippen molar-refractivity contribution in [3.05, 3.63) is 30.3 Å². The molecule has 0 bridgehead atoms. The van der Waals surface area contributed by atoms with Crippen molar-refractivity contribution in [2.45, 2.75) is 37.3 Å². The van der Waals surface area contributed by atoms with Crippen LogP contribution in [0.15, 0.2) is 30.3 Å². The first kappa shape index (κ1) is 14.8. The Hall–Kier alpha value is -1.10. The third kappa shape index (κ3) is 3.96. The molecule has 1 unspecified atom stereocenters. The predicted molar refractivity (Wildman–Crippen MR) is 86.7 cm³/mol. The van der Waals surface area contributed by atoms with Gasteiger partial charge in [0.25, 0.3) is 0 Å². The lowest BCUT2D eigenvalue weighted by atomic mass is 9.93. The van der Waals surface area contributed by atoms with Crippen LogP contribution in [0.2, 0.25) is 0 Å². The van der Waals surface area contributed by atoms with Crippen molar-refractivity contribution in [2.24, 2.45) is 0 Å². The van der Waals surface area contributed by atoms with Gasteiger partial charge in [0.15, 0.2) is 0 Å². The van der Waals surface area contributed by atoms with Crippen molar-refractivity contribution >= 4 is 5.69 Å². The first-order valence-corrected chi connectivity index (χ1v) is 8.22. The molecule has 0 aromatic heterocycles. The number of benzene rings is 1. The number of rotatable bonds is 4. The van der Waals surface area contributed by atoms with Gasteiger partial charge in [-0.2, -0.15) is 0 Å². The standard InChI is InChI=1S/C17H27N3O/c21-17(9-4-10-18-13-17)14-19-15-7-11-20(12-8-15)16-5-2-1-3-6-16/h1-3,5-6,15,18-19,21H,4,7-14H2. The summed E-state index contributed by atoms with van der Waals surface area (Å²) >= 11 is 0. The van der Waals surface area contributed by atoms with Gasteiger partial charge >= 0.3 is 0 Å². The van der Waals surface area contributed by atoms with Gasteiger partial charge in [0.1, 0.15) is 0 Å². The molecule has 3 N–H and O–H groups in total. The van der Waals surface area contributed by atoms with Gasteiger partial charge < -0.3 is 20.6 Å². The van der Waals surface area contributed by atoms with Crippen LogP contribution in [0.25, 0.3) is 0 Å². The summed E-state index contributed by atoms with van der Waals surface area (Å²) in [4.78, 5) is 2.45. The number of nitrogens with one attached hydrogen (secondary N) is 2. The number of nitrogens with zero attached hydrogens (tertiary/aromatic N) is 1. The van der Waals surface area contributed by atoms with Gasteiger partial charge in [-0.15, -0.1) is 0 Å². The number of para-hydroxylation sites is 1. The first-order valence-electron chi connectivity index (χ1n) is 8.22. The van der Waals surface area contributed by atoms with E-state index in [2.05, 4.69) is 45.9 Å². The number of anilines is 1. The fourth-order valence-electron chi connectivity index (χ4n) is 3.42. The maximum absolute atomic E-state index is 10.5. The molecule has 1 aromatic rings. The minimum atomic E-state index is -0.547. The van der Waals surface area contributed by atoms with Crippen LogP contribution in [0, 0.1) is 0 Å². The molecule has 2 aliphatic rings. The Morgan fingerprint density at radius 2 is 2.00 bits per heavy atom. The zero-order chi connectivity index (χ0) is 14.5. The molecular formula is C17H27N3O. The quantitative estimate of drug-likeness (QED) is 0.783. The average Bonchev–Trinajstić information content (AvgIpc) is 2.55. The van der Waals surface area contributed by atoms with Gasteiger partial charge in [-0.25, -0.2) is 0 Å². The van der Waals surface area contributed by atoms with E-state index in [0.717, 1.165) is 58.4 Å². The van der Waals surface area contributed by atoms with E-state index in [1.165, 1.54) is 5.69 Å². The molecule has 1 aromatic carbocycles.